The van der Waals surface area contributed by atoms with Crippen molar-refractivity contribution >= 4 is 17.3 Å². The van der Waals surface area contributed by atoms with Crippen LogP contribution in [0, 0.1) is 10.1 Å². The molecule has 0 aliphatic rings. The Kier molecular flexibility index (Phi) is 7.86. The molecule has 0 aliphatic carbocycles. The summed E-state index contributed by atoms with van der Waals surface area (Å²) in [5.41, 5.74) is -0.204. The highest BCUT2D eigenvalue weighted by Gasteiger charge is 2.13. The number of ether oxygens (including phenoxy) is 3. The van der Waals surface area contributed by atoms with Crippen LogP contribution in [0.4, 0.5) is 10.1 Å². The van der Waals surface area contributed by atoms with E-state index in [0.29, 0.717) is 25.6 Å². The van der Waals surface area contributed by atoms with Gasteiger partial charge in [0.2, 0.25) is 0 Å². The third-order valence-corrected chi connectivity index (χ3v) is 2.52. The van der Waals surface area contributed by atoms with Crippen molar-refractivity contribution in [3.8, 4) is 5.75 Å². The molecule has 0 saturated heterocycles. The first-order valence-corrected chi connectivity index (χ1v) is 6.31. The molecule has 1 rings (SSSR count). The fourth-order valence-electron chi connectivity index (χ4n) is 1.32. The van der Waals surface area contributed by atoms with Crippen LogP contribution in [0.5, 0.6) is 5.75 Å². The SMILES string of the molecule is O=[N+]([O-])c1cc(OCCOCCOCCF)ccc1Cl. The van der Waals surface area contributed by atoms with Crippen LogP contribution in [0.3, 0.4) is 0 Å². The smallest absolute Gasteiger partial charge is 0.291 e. The van der Waals surface area contributed by atoms with Gasteiger partial charge in [0.05, 0.1) is 37.4 Å². The second kappa shape index (κ2) is 9.46. The molecular weight excluding hydrogens is 293 g/mol. The number of halogens is 2. The van der Waals surface area contributed by atoms with Gasteiger partial charge in [-0.2, -0.15) is 0 Å². The van der Waals surface area contributed by atoms with Gasteiger partial charge in [0, 0.05) is 0 Å². The van der Waals surface area contributed by atoms with Crippen molar-refractivity contribution < 1.29 is 23.5 Å². The minimum Gasteiger partial charge on any atom is -0.491 e. The van der Waals surface area contributed by atoms with Gasteiger partial charge < -0.3 is 14.2 Å². The summed E-state index contributed by atoms with van der Waals surface area (Å²) in [7, 11) is 0. The Bertz CT molecular complexity index is 432. The summed E-state index contributed by atoms with van der Waals surface area (Å²) >= 11 is 5.67. The topological polar surface area (TPSA) is 70.8 Å². The molecule has 0 atom stereocenters. The number of nitro benzene ring substituents is 1. The molecule has 1 aromatic rings. The predicted octanol–water partition coefficient (Wildman–Crippen LogP) is 2.63. The number of benzene rings is 1. The molecule has 0 fully saturated rings. The van der Waals surface area contributed by atoms with Crippen LogP contribution >= 0.6 is 11.6 Å². The maximum absolute atomic E-state index is 11.7. The second-order valence-corrected chi connectivity index (χ2v) is 4.04. The van der Waals surface area contributed by atoms with Crippen LogP contribution in [0.25, 0.3) is 0 Å². The molecule has 6 nitrogen and oxygen atoms in total. The number of alkyl halides is 1. The lowest BCUT2D eigenvalue weighted by atomic mass is 10.3. The van der Waals surface area contributed by atoms with Crippen LogP contribution < -0.4 is 4.74 Å². The van der Waals surface area contributed by atoms with E-state index in [-0.39, 0.29) is 23.9 Å². The molecule has 0 N–H and O–H groups in total. The van der Waals surface area contributed by atoms with Gasteiger partial charge in [0.25, 0.3) is 5.69 Å². The molecule has 0 heterocycles. The molecule has 0 radical (unpaired) electrons. The first-order valence-electron chi connectivity index (χ1n) is 5.93. The van der Waals surface area contributed by atoms with E-state index < -0.39 is 11.6 Å². The van der Waals surface area contributed by atoms with Crippen LogP contribution in [0.15, 0.2) is 18.2 Å². The molecule has 0 bridgehead atoms. The van der Waals surface area contributed by atoms with E-state index in [1.54, 1.807) is 6.07 Å². The number of nitro groups is 1. The monoisotopic (exact) mass is 307 g/mol. The summed E-state index contributed by atoms with van der Waals surface area (Å²) < 4.78 is 27.0. The van der Waals surface area contributed by atoms with Crippen LogP contribution in [0.2, 0.25) is 5.02 Å². The van der Waals surface area contributed by atoms with E-state index in [1.807, 2.05) is 0 Å². The number of nitrogens with zero attached hydrogens (tertiary/aromatic N) is 1. The average Bonchev–Trinajstić information content (AvgIpc) is 2.43. The van der Waals surface area contributed by atoms with Gasteiger partial charge in [-0.05, 0) is 12.1 Å². The van der Waals surface area contributed by atoms with Gasteiger partial charge in [0.1, 0.15) is 24.1 Å². The fraction of sp³-hybridized carbons (Fsp3) is 0.500. The number of hydrogen-bond donors (Lipinski definition) is 0. The van der Waals surface area contributed by atoms with E-state index in [2.05, 4.69) is 0 Å². The van der Waals surface area contributed by atoms with Crippen molar-refractivity contribution in [2.45, 2.75) is 0 Å². The van der Waals surface area contributed by atoms with Crippen LogP contribution in [-0.2, 0) is 9.47 Å². The van der Waals surface area contributed by atoms with Crippen molar-refractivity contribution in [1.29, 1.82) is 0 Å². The number of hydrogen-bond acceptors (Lipinski definition) is 5. The zero-order chi connectivity index (χ0) is 14.8. The van der Waals surface area contributed by atoms with E-state index in [0.717, 1.165) is 0 Å². The summed E-state index contributed by atoms with van der Waals surface area (Å²) in [4.78, 5) is 10.1. The molecule has 0 spiro atoms. The van der Waals surface area contributed by atoms with E-state index >= 15 is 0 Å². The quantitative estimate of drug-likeness (QED) is 0.377. The zero-order valence-corrected chi connectivity index (χ0v) is 11.5. The van der Waals surface area contributed by atoms with E-state index in [4.69, 9.17) is 25.8 Å². The highest BCUT2D eigenvalue weighted by Crippen LogP contribution is 2.28. The highest BCUT2D eigenvalue weighted by molar-refractivity contribution is 6.32. The third kappa shape index (κ3) is 6.14. The lowest BCUT2D eigenvalue weighted by Crippen LogP contribution is -2.11. The zero-order valence-electron chi connectivity index (χ0n) is 10.7. The molecule has 1 aromatic carbocycles. The fourth-order valence-corrected chi connectivity index (χ4v) is 1.50. The Balaban J connectivity index is 2.22. The molecule has 20 heavy (non-hydrogen) atoms. The minimum atomic E-state index is -0.575. The van der Waals surface area contributed by atoms with Crippen LogP contribution in [0.1, 0.15) is 0 Å². The summed E-state index contributed by atoms with van der Waals surface area (Å²) in [6, 6.07) is 4.20. The summed E-state index contributed by atoms with van der Waals surface area (Å²) in [6.45, 7) is 0.741. The van der Waals surface area contributed by atoms with Gasteiger partial charge >= 0.3 is 0 Å². The third-order valence-electron chi connectivity index (χ3n) is 2.20. The summed E-state index contributed by atoms with van der Waals surface area (Å²) in [5.74, 6) is 0.346. The maximum Gasteiger partial charge on any atom is 0.291 e. The van der Waals surface area contributed by atoms with E-state index in [9.17, 15) is 14.5 Å². The Morgan fingerprint density at radius 1 is 1.15 bits per heavy atom. The Morgan fingerprint density at radius 3 is 2.45 bits per heavy atom. The van der Waals surface area contributed by atoms with Gasteiger partial charge in [0.15, 0.2) is 0 Å². The molecule has 0 amide bonds. The van der Waals surface area contributed by atoms with Crippen molar-refractivity contribution in [1.82, 2.24) is 0 Å². The highest BCUT2D eigenvalue weighted by atomic mass is 35.5. The molecular formula is C12H15ClFNO5. The lowest BCUT2D eigenvalue weighted by molar-refractivity contribution is -0.384. The van der Waals surface area contributed by atoms with Crippen molar-refractivity contribution in [2.24, 2.45) is 0 Å². The van der Waals surface area contributed by atoms with Crippen molar-refractivity contribution in [2.75, 3.05) is 39.7 Å². The minimum absolute atomic E-state index is 0.0589. The Labute approximate surface area is 120 Å². The maximum atomic E-state index is 11.7. The summed E-state index contributed by atoms with van der Waals surface area (Å²) in [5, 5.41) is 10.7. The van der Waals surface area contributed by atoms with Crippen LogP contribution in [-0.4, -0.2) is 44.6 Å². The first-order chi connectivity index (χ1) is 9.65. The van der Waals surface area contributed by atoms with Crippen molar-refractivity contribution in [3.63, 3.8) is 0 Å². The van der Waals surface area contributed by atoms with Gasteiger partial charge in [-0.3, -0.25) is 10.1 Å². The van der Waals surface area contributed by atoms with Gasteiger partial charge in [-0.15, -0.1) is 0 Å². The molecule has 112 valence electrons. The average molecular weight is 308 g/mol. The Morgan fingerprint density at radius 2 is 1.80 bits per heavy atom. The lowest BCUT2D eigenvalue weighted by Gasteiger charge is -2.07. The normalized spacial score (nSPS) is 10.5. The molecule has 0 aliphatic heterocycles. The van der Waals surface area contributed by atoms with E-state index in [1.165, 1.54) is 12.1 Å². The standard InChI is InChI=1S/C12H15ClFNO5/c13-11-2-1-10(9-12(11)15(16)17)20-8-7-19-6-5-18-4-3-14/h1-2,9H,3-8H2. The first kappa shape index (κ1) is 16.6. The molecule has 8 heteroatoms. The van der Waals surface area contributed by atoms with Gasteiger partial charge in [-0.25, -0.2) is 4.39 Å². The largest absolute Gasteiger partial charge is 0.491 e. The second-order valence-electron chi connectivity index (χ2n) is 3.63. The molecule has 0 aromatic heterocycles. The number of rotatable bonds is 10. The molecule has 0 saturated carbocycles. The van der Waals surface area contributed by atoms with Gasteiger partial charge in [-0.1, -0.05) is 11.6 Å². The van der Waals surface area contributed by atoms with Crippen molar-refractivity contribution in [3.05, 3.63) is 33.3 Å². The predicted molar refractivity (Wildman–Crippen MR) is 71.2 cm³/mol. The summed E-state index contributed by atoms with van der Waals surface area (Å²) in [6.07, 6.45) is 0. The molecule has 0 unspecified atom stereocenters. The Hall–Kier alpha value is -1.44.